The first-order valence-corrected chi connectivity index (χ1v) is 14.7. The largest absolute Gasteiger partial charge is 0.490 e. The summed E-state index contributed by atoms with van der Waals surface area (Å²) in [5.74, 6) is 1.55. The molecule has 0 spiro atoms. The maximum Gasteiger partial charge on any atom is 0.224 e. The average Bonchev–Trinajstić information content (AvgIpc) is 2.91. The van der Waals surface area contributed by atoms with Crippen LogP contribution >= 0.6 is 0 Å². The van der Waals surface area contributed by atoms with Gasteiger partial charge in [0, 0.05) is 59.5 Å². The lowest BCUT2D eigenvalue weighted by Gasteiger charge is -2.24. The Morgan fingerprint density at radius 3 is 1.43 bits per heavy atom. The van der Waals surface area contributed by atoms with E-state index in [1.54, 1.807) is 0 Å². The van der Waals surface area contributed by atoms with Gasteiger partial charge in [0.25, 0.3) is 0 Å². The zero-order valence-corrected chi connectivity index (χ0v) is 25.8. The number of nitrogens with one attached hydrogen (secondary N) is 4. The van der Waals surface area contributed by atoms with Crippen LogP contribution in [0.5, 0.6) is 11.5 Å². The Kier molecular flexibility index (Phi) is 11.8. The highest BCUT2D eigenvalue weighted by Crippen LogP contribution is 2.32. The number of anilines is 2. The summed E-state index contributed by atoms with van der Waals surface area (Å²) >= 11 is 0. The van der Waals surface area contributed by atoms with E-state index in [0.29, 0.717) is 38.8 Å². The van der Waals surface area contributed by atoms with Gasteiger partial charge in [0.2, 0.25) is 11.8 Å². The summed E-state index contributed by atoms with van der Waals surface area (Å²) in [6.07, 6.45) is 1.15. The summed E-state index contributed by atoms with van der Waals surface area (Å²) in [4.78, 5) is 22.8. The predicted octanol–water partition coefficient (Wildman–Crippen LogP) is 3.40. The highest BCUT2D eigenvalue weighted by molar-refractivity contribution is 5.95. The number of carbonyl (C=O) groups excluding carboxylic acids is 2. The minimum Gasteiger partial charge on any atom is -0.490 e. The molecule has 10 nitrogen and oxygen atoms in total. The van der Waals surface area contributed by atoms with Crippen molar-refractivity contribution in [2.24, 2.45) is 0 Å². The van der Waals surface area contributed by atoms with Crippen LogP contribution in [0.15, 0.2) is 36.4 Å². The highest BCUT2D eigenvalue weighted by Gasteiger charge is 2.21. The molecule has 0 radical (unpaired) electrons. The molecule has 2 aromatic rings. The van der Waals surface area contributed by atoms with E-state index < -0.39 is 12.2 Å². The van der Waals surface area contributed by atoms with Gasteiger partial charge < -0.3 is 41.0 Å². The zero-order valence-electron chi connectivity index (χ0n) is 25.8. The van der Waals surface area contributed by atoms with E-state index in [4.69, 9.17) is 9.47 Å². The number of aliphatic hydroxyl groups is 2. The van der Waals surface area contributed by atoms with E-state index in [0.717, 1.165) is 34.0 Å². The normalized spacial score (nSPS) is 16.1. The van der Waals surface area contributed by atoms with Crippen molar-refractivity contribution in [1.29, 1.82) is 0 Å². The third-order valence-electron chi connectivity index (χ3n) is 6.62. The van der Waals surface area contributed by atoms with Crippen molar-refractivity contribution in [2.45, 2.75) is 90.5 Å². The molecular weight excluding hydrogens is 536 g/mol. The third-order valence-corrected chi connectivity index (χ3v) is 6.62. The molecule has 2 amide bonds. The van der Waals surface area contributed by atoms with E-state index in [9.17, 15) is 19.8 Å². The van der Waals surface area contributed by atoms with Crippen LogP contribution in [-0.4, -0.2) is 71.6 Å². The summed E-state index contributed by atoms with van der Waals surface area (Å²) in [5.41, 5.74) is 3.58. The minimum atomic E-state index is -0.571. The van der Waals surface area contributed by atoms with Gasteiger partial charge in [0.05, 0.1) is 0 Å². The molecule has 2 aromatic carbocycles. The standard InChI is InChI=1S/2C16H24N2O3/c2*1-16(2,3)17-9-11(19)10-21-14-6-4-5-13-12(14)7-8-15(20)18-13/h2*4-6,11,17,19H,7-10H2,1-3H3,(H,18,20). The number of ether oxygens (including phenoxy) is 2. The number of aliphatic hydroxyl groups excluding tert-OH is 2. The van der Waals surface area contributed by atoms with Gasteiger partial charge in [-0.25, -0.2) is 0 Å². The van der Waals surface area contributed by atoms with E-state index in [-0.39, 0.29) is 36.1 Å². The molecule has 0 bridgehead atoms. The van der Waals surface area contributed by atoms with Crippen molar-refractivity contribution in [3.05, 3.63) is 47.5 Å². The van der Waals surface area contributed by atoms with Crippen LogP contribution in [0.25, 0.3) is 0 Å². The maximum absolute atomic E-state index is 11.4. The molecule has 0 fully saturated rings. The van der Waals surface area contributed by atoms with Crippen LogP contribution in [0, 0.1) is 0 Å². The summed E-state index contributed by atoms with van der Waals surface area (Å²) in [6.45, 7) is 13.7. The van der Waals surface area contributed by atoms with E-state index in [1.165, 1.54) is 0 Å². The van der Waals surface area contributed by atoms with Crippen molar-refractivity contribution in [3.8, 4) is 11.5 Å². The second-order valence-electron chi connectivity index (χ2n) is 12.9. The molecule has 2 aliphatic rings. The predicted molar refractivity (Wildman–Crippen MR) is 165 cm³/mol. The van der Waals surface area contributed by atoms with Gasteiger partial charge in [-0.1, -0.05) is 12.1 Å². The van der Waals surface area contributed by atoms with Gasteiger partial charge in [0.15, 0.2) is 0 Å². The monoisotopic (exact) mass is 584 g/mol. The van der Waals surface area contributed by atoms with Crippen molar-refractivity contribution >= 4 is 23.2 Å². The second-order valence-corrected chi connectivity index (χ2v) is 12.9. The summed E-state index contributed by atoms with van der Waals surface area (Å²) in [5, 5.41) is 32.1. The first kappa shape index (κ1) is 33.3. The Labute approximate surface area is 249 Å². The minimum absolute atomic E-state index is 0.0306. The molecule has 0 saturated carbocycles. The third kappa shape index (κ3) is 11.2. The van der Waals surface area contributed by atoms with Gasteiger partial charge in [-0.2, -0.15) is 0 Å². The quantitative estimate of drug-likeness (QED) is 0.250. The molecule has 4 rings (SSSR count). The smallest absolute Gasteiger partial charge is 0.224 e. The number of benzene rings is 2. The first-order chi connectivity index (χ1) is 19.7. The van der Waals surface area contributed by atoms with Crippen LogP contribution < -0.4 is 30.7 Å². The molecular formula is C32H48N4O6. The Hall–Kier alpha value is -3.18. The highest BCUT2D eigenvalue weighted by atomic mass is 16.5. The van der Waals surface area contributed by atoms with Gasteiger partial charge in [0.1, 0.15) is 36.9 Å². The number of rotatable bonds is 10. The molecule has 10 heteroatoms. The number of amides is 2. The molecule has 42 heavy (non-hydrogen) atoms. The van der Waals surface area contributed by atoms with E-state index in [2.05, 4.69) is 62.8 Å². The van der Waals surface area contributed by atoms with Gasteiger partial charge in [-0.05, 0) is 78.6 Å². The van der Waals surface area contributed by atoms with Crippen LogP contribution in [0.1, 0.15) is 65.5 Å². The van der Waals surface area contributed by atoms with Crippen LogP contribution in [0.4, 0.5) is 11.4 Å². The number of carbonyl (C=O) groups is 2. The molecule has 6 N–H and O–H groups in total. The lowest BCUT2D eigenvalue weighted by molar-refractivity contribution is -0.117. The van der Waals surface area contributed by atoms with E-state index in [1.807, 2.05) is 36.4 Å². The average molecular weight is 585 g/mol. The molecule has 0 saturated heterocycles. The number of β-amino-alcohol motifs (C(OH)–C–C–N with tert-alkyl or cyclic N) is 2. The Morgan fingerprint density at radius 1 is 0.690 bits per heavy atom. The lowest BCUT2D eigenvalue weighted by atomic mass is 10.0. The summed E-state index contributed by atoms with van der Waals surface area (Å²) < 4.78 is 11.5. The van der Waals surface area contributed by atoms with Crippen molar-refractivity contribution < 1.29 is 29.3 Å². The Morgan fingerprint density at radius 2 is 1.07 bits per heavy atom. The Balaban J connectivity index is 0.000000230. The van der Waals surface area contributed by atoms with Crippen LogP contribution in [-0.2, 0) is 22.4 Å². The summed E-state index contributed by atoms with van der Waals surface area (Å²) in [7, 11) is 0. The fourth-order valence-corrected chi connectivity index (χ4v) is 4.39. The number of hydrogen-bond donors (Lipinski definition) is 6. The molecule has 0 aliphatic carbocycles. The van der Waals surface area contributed by atoms with Crippen LogP contribution in [0.2, 0.25) is 0 Å². The molecule has 0 aromatic heterocycles. The van der Waals surface area contributed by atoms with E-state index >= 15 is 0 Å². The van der Waals surface area contributed by atoms with Crippen molar-refractivity contribution in [3.63, 3.8) is 0 Å². The Bertz CT molecular complexity index is 1110. The fourth-order valence-electron chi connectivity index (χ4n) is 4.39. The molecule has 2 atom stereocenters. The van der Waals surface area contributed by atoms with Crippen LogP contribution in [0.3, 0.4) is 0 Å². The zero-order chi connectivity index (χ0) is 30.9. The topological polar surface area (TPSA) is 141 Å². The van der Waals surface area contributed by atoms with Gasteiger partial charge >= 0.3 is 0 Å². The van der Waals surface area contributed by atoms with Crippen molar-refractivity contribution in [1.82, 2.24) is 10.6 Å². The van der Waals surface area contributed by atoms with Gasteiger partial charge in [-0.3, -0.25) is 9.59 Å². The lowest BCUT2D eigenvalue weighted by Crippen LogP contribution is -2.42. The summed E-state index contributed by atoms with van der Waals surface area (Å²) in [6, 6.07) is 11.2. The molecule has 2 aliphatic heterocycles. The van der Waals surface area contributed by atoms with Gasteiger partial charge in [-0.15, -0.1) is 0 Å². The fraction of sp³-hybridized carbons (Fsp3) is 0.562. The molecule has 232 valence electrons. The number of fused-ring (bicyclic) bond motifs is 2. The molecule has 2 heterocycles. The first-order valence-electron chi connectivity index (χ1n) is 14.7. The van der Waals surface area contributed by atoms with Crippen molar-refractivity contribution in [2.75, 3.05) is 36.9 Å². The maximum atomic E-state index is 11.4. The molecule has 2 unspecified atom stereocenters. The second kappa shape index (κ2) is 14.8. The SMILES string of the molecule is CC(C)(C)NCC(O)COc1cccc2c1CCC(=O)N2.CC(C)(C)NCC(O)COc1cccc2c1CCC(=O)N2. The number of hydrogen-bond acceptors (Lipinski definition) is 8.